The highest BCUT2D eigenvalue weighted by Crippen LogP contribution is 2.45. The van der Waals surface area contributed by atoms with Crippen LogP contribution >= 0.6 is 0 Å². The van der Waals surface area contributed by atoms with E-state index >= 15 is 4.39 Å². The summed E-state index contributed by atoms with van der Waals surface area (Å²) in [6.07, 6.45) is -0.611. The van der Waals surface area contributed by atoms with Gasteiger partial charge in [0.25, 0.3) is 6.43 Å². The van der Waals surface area contributed by atoms with Crippen LogP contribution in [0.1, 0.15) is 63.1 Å². The number of benzene rings is 2. The Kier molecular flexibility index (Phi) is 10.1. The number of amides is 2. The lowest BCUT2D eigenvalue weighted by molar-refractivity contribution is 0.0237. The van der Waals surface area contributed by atoms with Gasteiger partial charge in [-0.25, -0.2) is 28.8 Å². The van der Waals surface area contributed by atoms with Gasteiger partial charge in [0.15, 0.2) is 0 Å². The van der Waals surface area contributed by atoms with Gasteiger partial charge in [-0.3, -0.25) is 4.90 Å². The molecule has 2 aromatic rings. The van der Waals surface area contributed by atoms with Crippen LogP contribution in [0.5, 0.6) is 11.5 Å². The average Bonchev–Trinajstić information content (AvgIpc) is 3.14. The molecule has 0 aromatic heterocycles. The number of halogens is 3. The molecule has 0 radical (unpaired) electrons. The van der Waals surface area contributed by atoms with Gasteiger partial charge < -0.3 is 20.5 Å². The number of hydrogen-bond donors (Lipinski definition) is 3. The van der Waals surface area contributed by atoms with Gasteiger partial charge in [-0.05, 0) is 56.3 Å². The molecule has 232 valence electrons. The zero-order valence-corrected chi connectivity index (χ0v) is 25.0. The third kappa shape index (κ3) is 6.71. The average molecular weight is 600 g/mol. The highest BCUT2D eigenvalue weighted by molar-refractivity contribution is 5.82. The summed E-state index contributed by atoms with van der Waals surface area (Å²) in [5, 5.41) is 11.3. The second-order valence-corrected chi connectivity index (χ2v) is 11.3. The Bertz CT molecular complexity index is 1420. The minimum Gasteiger partial charge on any atom is -0.507 e. The number of carbonyl (C=O) groups is 1. The van der Waals surface area contributed by atoms with Crippen LogP contribution in [0, 0.1) is 23.6 Å². The summed E-state index contributed by atoms with van der Waals surface area (Å²) in [5.41, 5.74) is 7.54. The molecule has 0 saturated carbocycles. The van der Waals surface area contributed by atoms with E-state index in [2.05, 4.69) is 16.7 Å². The van der Waals surface area contributed by atoms with E-state index in [-0.39, 0.29) is 29.2 Å². The first-order valence-electron chi connectivity index (χ1n) is 14.5. The molecule has 2 aliphatic rings. The number of urea groups is 1. The summed E-state index contributed by atoms with van der Waals surface area (Å²) in [4.78, 5) is 16.6. The SMILES string of the molecule is CC#Cc1cc2c(c(C(C)C)c1-c1c(O)cccc1F)OCCN(CCC1CN(C(=O)N(N)/C=C(\N)C(F)F)C1CC)C2. The molecule has 43 heavy (non-hydrogen) atoms. The van der Waals surface area contributed by atoms with Crippen LogP contribution in [0.25, 0.3) is 11.1 Å². The molecule has 2 atom stereocenters. The van der Waals surface area contributed by atoms with E-state index in [0.29, 0.717) is 54.5 Å². The van der Waals surface area contributed by atoms with E-state index in [0.717, 1.165) is 30.3 Å². The van der Waals surface area contributed by atoms with Crippen LogP contribution in [-0.2, 0) is 6.54 Å². The highest BCUT2D eigenvalue weighted by atomic mass is 19.3. The molecule has 2 unspecified atom stereocenters. The van der Waals surface area contributed by atoms with Gasteiger partial charge in [0.05, 0.1) is 17.5 Å². The molecule has 0 bridgehead atoms. The number of alkyl halides is 2. The number of aromatic hydroxyl groups is 1. The number of nitrogens with two attached hydrogens (primary N) is 2. The van der Waals surface area contributed by atoms with Crippen molar-refractivity contribution in [2.75, 3.05) is 26.2 Å². The Morgan fingerprint density at radius 3 is 2.67 bits per heavy atom. The first-order valence-corrected chi connectivity index (χ1v) is 14.5. The molecule has 2 aromatic carbocycles. The maximum atomic E-state index is 15.1. The van der Waals surface area contributed by atoms with Crippen LogP contribution < -0.4 is 16.3 Å². The summed E-state index contributed by atoms with van der Waals surface area (Å²) < 4.78 is 47.0. The number of fused-ring (bicyclic) bond motifs is 1. The number of hydrogen-bond acceptors (Lipinski definition) is 6. The van der Waals surface area contributed by atoms with Gasteiger partial charge in [0.2, 0.25) is 0 Å². The fourth-order valence-corrected chi connectivity index (χ4v) is 6.09. The second kappa shape index (κ2) is 13.6. The van der Waals surface area contributed by atoms with Crippen molar-refractivity contribution in [3.8, 4) is 34.5 Å². The van der Waals surface area contributed by atoms with E-state index in [9.17, 15) is 18.7 Å². The number of phenols is 1. The van der Waals surface area contributed by atoms with Crippen molar-refractivity contribution in [3.05, 3.63) is 58.7 Å². The number of ether oxygens (including phenoxy) is 1. The first kappa shape index (κ1) is 32.0. The molecule has 0 spiro atoms. The zero-order valence-electron chi connectivity index (χ0n) is 25.0. The van der Waals surface area contributed by atoms with Gasteiger partial charge >= 0.3 is 6.03 Å². The van der Waals surface area contributed by atoms with Crippen LogP contribution in [0.2, 0.25) is 0 Å². The van der Waals surface area contributed by atoms with Crippen molar-refractivity contribution >= 4 is 6.03 Å². The minimum atomic E-state index is -2.90. The van der Waals surface area contributed by atoms with E-state index in [1.165, 1.54) is 18.2 Å². The Hall–Kier alpha value is -3.88. The molecule has 0 aliphatic carbocycles. The summed E-state index contributed by atoms with van der Waals surface area (Å²) in [6.45, 7) is 10.6. The molecule has 2 heterocycles. The molecule has 2 amide bonds. The Morgan fingerprint density at radius 2 is 2.05 bits per heavy atom. The van der Waals surface area contributed by atoms with E-state index < -0.39 is 24.0 Å². The highest BCUT2D eigenvalue weighted by Gasteiger charge is 2.41. The number of phenolic OH excluding ortho intramolecular Hbond substituents is 1. The first-order chi connectivity index (χ1) is 20.5. The minimum absolute atomic E-state index is 0.0373. The topological polar surface area (TPSA) is 108 Å². The predicted molar refractivity (Wildman–Crippen MR) is 160 cm³/mol. The molecular weight excluding hydrogens is 559 g/mol. The standard InChI is InChI=1S/C32H40F3N5O3/c1-5-8-20-15-22-16-38(12-11-21-17-39(25(21)6-2)32(42)40(37)18-24(36)31(34)35)13-14-43-30(22)27(19(3)4)28(20)29-23(33)9-7-10-26(29)41/h7,9-10,15,18-19,21,25,31,41H,6,11-14,16-17,36-37H2,1-4H3/b24-18-. The Labute approximate surface area is 251 Å². The number of allylic oxidation sites excluding steroid dienone is 1. The number of carbonyl (C=O) groups excluding carboxylic acids is 1. The second-order valence-electron chi connectivity index (χ2n) is 11.3. The normalized spacial score (nSPS) is 18.8. The van der Waals surface area contributed by atoms with Crippen LogP contribution in [0.3, 0.4) is 0 Å². The lowest BCUT2D eigenvalue weighted by Gasteiger charge is -2.49. The van der Waals surface area contributed by atoms with Crippen LogP contribution in [0.4, 0.5) is 18.0 Å². The van der Waals surface area contributed by atoms with Crippen molar-refractivity contribution in [1.29, 1.82) is 0 Å². The lowest BCUT2D eigenvalue weighted by Crippen LogP contribution is -2.62. The molecule has 1 saturated heterocycles. The van der Waals surface area contributed by atoms with Crippen molar-refractivity contribution in [3.63, 3.8) is 0 Å². The quantitative estimate of drug-likeness (QED) is 0.164. The maximum Gasteiger partial charge on any atom is 0.338 e. The van der Waals surface area contributed by atoms with Gasteiger partial charge in [-0.2, -0.15) is 0 Å². The molecule has 1 fully saturated rings. The summed E-state index contributed by atoms with van der Waals surface area (Å²) in [6, 6.07) is 5.58. The predicted octanol–water partition coefficient (Wildman–Crippen LogP) is 5.35. The smallest absolute Gasteiger partial charge is 0.338 e. The number of likely N-dealkylation sites (tertiary alicyclic amines) is 1. The lowest BCUT2D eigenvalue weighted by atomic mass is 9.84. The van der Waals surface area contributed by atoms with Crippen molar-refractivity contribution in [1.82, 2.24) is 14.8 Å². The van der Waals surface area contributed by atoms with Crippen molar-refractivity contribution in [2.24, 2.45) is 17.5 Å². The van der Waals surface area contributed by atoms with Crippen LogP contribution in [-0.4, -0.2) is 64.7 Å². The Morgan fingerprint density at radius 1 is 1.30 bits per heavy atom. The van der Waals surface area contributed by atoms with Gasteiger partial charge in [0.1, 0.15) is 23.9 Å². The van der Waals surface area contributed by atoms with Gasteiger partial charge in [-0.15, -0.1) is 5.92 Å². The van der Waals surface area contributed by atoms with Crippen LogP contribution in [0.15, 0.2) is 36.2 Å². The zero-order chi connectivity index (χ0) is 31.4. The number of rotatable bonds is 8. The maximum absolute atomic E-state index is 15.1. The van der Waals surface area contributed by atoms with Crippen molar-refractivity contribution in [2.45, 2.75) is 65.5 Å². The summed E-state index contributed by atoms with van der Waals surface area (Å²) in [7, 11) is 0. The van der Waals surface area contributed by atoms with Crippen molar-refractivity contribution < 1.29 is 27.8 Å². The van der Waals surface area contributed by atoms with E-state index in [4.69, 9.17) is 16.3 Å². The van der Waals surface area contributed by atoms with E-state index in [1.807, 2.05) is 26.8 Å². The molecule has 2 aliphatic heterocycles. The molecular formula is C32H40F3N5O3. The molecule has 11 heteroatoms. The van der Waals surface area contributed by atoms with Gasteiger partial charge in [-0.1, -0.05) is 32.8 Å². The molecule has 8 nitrogen and oxygen atoms in total. The fraction of sp³-hybridized carbons (Fsp3) is 0.469. The molecule has 4 rings (SSSR count). The van der Waals surface area contributed by atoms with E-state index in [1.54, 1.807) is 11.8 Å². The molecule has 5 N–H and O–H groups in total. The summed E-state index contributed by atoms with van der Waals surface area (Å²) >= 11 is 0. The number of nitrogens with zero attached hydrogens (tertiary/aromatic N) is 3. The van der Waals surface area contributed by atoms with Gasteiger partial charge in [0, 0.05) is 47.9 Å². The monoisotopic (exact) mass is 599 g/mol. The fourth-order valence-electron chi connectivity index (χ4n) is 6.09. The third-order valence-corrected chi connectivity index (χ3v) is 8.14. The summed E-state index contributed by atoms with van der Waals surface area (Å²) in [5.74, 6) is 12.0. The number of hydrazine groups is 1. The Balaban J connectivity index is 1.54. The third-order valence-electron chi connectivity index (χ3n) is 8.14. The largest absolute Gasteiger partial charge is 0.507 e.